The molecule has 13 heteroatoms. The Morgan fingerprint density at radius 3 is 2.28 bits per heavy atom. The Kier molecular flexibility index (Phi) is 9.98. The molecule has 3 aromatic carbocycles. The van der Waals surface area contributed by atoms with Crippen LogP contribution in [-0.2, 0) is 24.4 Å². The standard InChI is InChI=1S/C37H34F2N6O4S/c1-5-49-36(48)28-20-44(19-27-29(38)12-9-13-30(27)39)37-42-32(31(45(37)35(28)47)21-43(4)18-24-10-7-6-8-11-24)25-14-16-26(17-15-25)41-34(46)33-22(2)40-23(3)50-33/h6-17,20H,5,18-19,21H2,1-4H3,(H,41,46). The number of imidazole rings is 1. The fourth-order valence-corrected chi connectivity index (χ4v) is 6.60. The summed E-state index contributed by atoms with van der Waals surface area (Å²) in [5.74, 6) is -2.63. The Labute approximate surface area is 290 Å². The molecule has 256 valence electrons. The van der Waals surface area contributed by atoms with Crippen molar-refractivity contribution in [2.75, 3.05) is 19.0 Å². The first-order valence-electron chi connectivity index (χ1n) is 15.9. The lowest BCUT2D eigenvalue weighted by Crippen LogP contribution is -2.29. The van der Waals surface area contributed by atoms with Crippen molar-refractivity contribution in [3.63, 3.8) is 0 Å². The first kappa shape index (κ1) is 34.3. The summed E-state index contributed by atoms with van der Waals surface area (Å²) in [5, 5.41) is 3.69. The number of rotatable bonds is 11. The number of anilines is 1. The second-order valence-electron chi connectivity index (χ2n) is 11.8. The number of thiazole rings is 1. The number of esters is 1. The average molecular weight is 697 g/mol. The Morgan fingerprint density at radius 2 is 1.64 bits per heavy atom. The summed E-state index contributed by atoms with van der Waals surface area (Å²) < 4.78 is 37.7. The van der Waals surface area contributed by atoms with E-state index in [4.69, 9.17) is 9.72 Å². The lowest BCUT2D eigenvalue weighted by atomic mass is 10.1. The van der Waals surface area contributed by atoms with Gasteiger partial charge in [-0.1, -0.05) is 48.5 Å². The van der Waals surface area contributed by atoms with Crippen LogP contribution in [-0.4, -0.2) is 49.4 Å². The average Bonchev–Trinajstić information content (AvgIpc) is 3.64. The van der Waals surface area contributed by atoms with Crippen molar-refractivity contribution < 1.29 is 23.1 Å². The van der Waals surface area contributed by atoms with Crippen molar-refractivity contribution in [1.29, 1.82) is 0 Å². The van der Waals surface area contributed by atoms with E-state index < -0.39 is 23.2 Å². The number of amides is 1. The molecule has 6 rings (SSSR count). The predicted octanol–water partition coefficient (Wildman–Crippen LogP) is 6.62. The van der Waals surface area contributed by atoms with Gasteiger partial charge >= 0.3 is 5.97 Å². The van der Waals surface area contributed by atoms with Crippen molar-refractivity contribution in [2.24, 2.45) is 0 Å². The molecule has 1 N–H and O–H groups in total. The van der Waals surface area contributed by atoms with Crippen molar-refractivity contribution in [3.05, 3.63) is 139 Å². The molecule has 6 aromatic rings. The molecular weight excluding hydrogens is 663 g/mol. The van der Waals surface area contributed by atoms with Crippen molar-refractivity contribution >= 4 is 34.7 Å². The van der Waals surface area contributed by atoms with Gasteiger partial charge in [-0.25, -0.2) is 27.9 Å². The van der Waals surface area contributed by atoms with Gasteiger partial charge in [-0.15, -0.1) is 11.3 Å². The Morgan fingerprint density at radius 1 is 0.940 bits per heavy atom. The van der Waals surface area contributed by atoms with E-state index in [0.29, 0.717) is 39.8 Å². The normalized spacial score (nSPS) is 11.3. The number of fused-ring (bicyclic) bond motifs is 1. The Bertz CT molecular complexity index is 2240. The lowest BCUT2D eigenvalue weighted by Gasteiger charge is -2.18. The van der Waals surface area contributed by atoms with Crippen molar-refractivity contribution in [3.8, 4) is 11.3 Å². The zero-order valence-corrected chi connectivity index (χ0v) is 28.7. The maximum Gasteiger partial charge on any atom is 0.345 e. The molecule has 0 aliphatic rings. The third kappa shape index (κ3) is 7.09. The summed E-state index contributed by atoms with van der Waals surface area (Å²) in [6, 6.07) is 20.3. The van der Waals surface area contributed by atoms with E-state index in [1.54, 1.807) is 38.1 Å². The summed E-state index contributed by atoms with van der Waals surface area (Å²) >= 11 is 1.31. The maximum atomic E-state index is 14.9. The van der Waals surface area contributed by atoms with Gasteiger partial charge in [0.1, 0.15) is 22.1 Å². The second-order valence-corrected chi connectivity index (χ2v) is 13.0. The summed E-state index contributed by atoms with van der Waals surface area (Å²) in [6.07, 6.45) is 1.23. The van der Waals surface area contributed by atoms with Gasteiger partial charge in [0.2, 0.25) is 5.78 Å². The molecule has 1 amide bonds. The first-order valence-corrected chi connectivity index (χ1v) is 16.7. The van der Waals surface area contributed by atoms with Crippen LogP contribution in [0.25, 0.3) is 17.0 Å². The van der Waals surface area contributed by atoms with E-state index in [1.807, 2.05) is 49.2 Å². The summed E-state index contributed by atoms with van der Waals surface area (Å²) in [7, 11) is 1.89. The lowest BCUT2D eigenvalue weighted by molar-refractivity contribution is 0.0522. The molecule has 0 atom stereocenters. The second kappa shape index (κ2) is 14.5. The van der Waals surface area contributed by atoms with Gasteiger partial charge in [-0.05, 0) is 57.6 Å². The minimum absolute atomic E-state index is 0.0190. The molecule has 0 aliphatic carbocycles. The quantitative estimate of drug-likeness (QED) is 0.152. The van der Waals surface area contributed by atoms with E-state index in [-0.39, 0.29) is 42.5 Å². The van der Waals surface area contributed by atoms with Crippen molar-refractivity contribution in [2.45, 2.75) is 40.4 Å². The molecule has 0 fully saturated rings. The van der Waals surface area contributed by atoms with Gasteiger partial charge in [0, 0.05) is 36.1 Å². The minimum atomic E-state index is -0.868. The molecule has 3 aromatic heterocycles. The third-order valence-electron chi connectivity index (χ3n) is 8.06. The molecule has 3 heterocycles. The topological polar surface area (TPSA) is 111 Å². The number of nitrogens with zero attached hydrogens (tertiary/aromatic N) is 5. The number of aryl methyl sites for hydroxylation is 2. The highest BCUT2D eigenvalue weighted by Crippen LogP contribution is 2.28. The van der Waals surface area contributed by atoms with Crippen LogP contribution < -0.4 is 10.9 Å². The maximum absolute atomic E-state index is 14.9. The van der Waals surface area contributed by atoms with Gasteiger partial charge in [0.15, 0.2) is 0 Å². The number of benzene rings is 3. The number of carbonyl (C=O) groups excluding carboxylic acids is 2. The van der Waals surface area contributed by atoms with Crippen LogP contribution >= 0.6 is 11.3 Å². The molecule has 10 nitrogen and oxygen atoms in total. The number of ether oxygens (including phenoxy) is 1. The number of carbonyl (C=O) groups is 2. The van der Waals surface area contributed by atoms with Crippen LogP contribution in [0, 0.1) is 25.5 Å². The van der Waals surface area contributed by atoms with Gasteiger partial charge in [-0.3, -0.25) is 14.5 Å². The van der Waals surface area contributed by atoms with Gasteiger partial charge in [0.05, 0.1) is 35.2 Å². The number of halogens is 2. The minimum Gasteiger partial charge on any atom is -0.462 e. The van der Waals surface area contributed by atoms with E-state index in [1.165, 1.54) is 32.6 Å². The number of nitrogens with one attached hydrogen (secondary N) is 1. The van der Waals surface area contributed by atoms with Gasteiger partial charge in [-0.2, -0.15) is 0 Å². The van der Waals surface area contributed by atoms with Crippen LogP contribution in [0.5, 0.6) is 0 Å². The van der Waals surface area contributed by atoms with Crippen molar-refractivity contribution in [1.82, 2.24) is 23.8 Å². The summed E-state index contributed by atoms with van der Waals surface area (Å²) in [5.41, 5.74) is 2.46. The molecule has 0 aliphatic heterocycles. The largest absolute Gasteiger partial charge is 0.462 e. The fraction of sp³-hybridized carbons (Fsp3) is 0.216. The monoisotopic (exact) mass is 696 g/mol. The number of hydrogen-bond acceptors (Lipinski definition) is 8. The third-order valence-corrected chi connectivity index (χ3v) is 9.13. The smallest absolute Gasteiger partial charge is 0.345 e. The van der Waals surface area contributed by atoms with E-state index in [2.05, 4.69) is 10.3 Å². The zero-order valence-electron chi connectivity index (χ0n) is 27.9. The van der Waals surface area contributed by atoms with Crippen LogP contribution in [0.15, 0.2) is 83.8 Å². The van der Waals surface area contributed by atoms with Gasteiger partial charge < -0.3 is 14.6 Å². The molecule has 0 saturated heterocycles. The SMILES string of the molecule is CCOC(=O)c1cn(Cc2c(F)cccc2F)c2nc(-c3ccc(NC(=O)c4sc(C)nc4C)cc3)c(CN(C)Cc3ccccc3)n2c1=O. The Balaban J connectivity index is 1.49. The summed E-state index contributed by atoms with van der Waals surface area (Å²) in [6.45, 7) is 5.65. The molecule has 0 radical (unpaired) electrons. The molecule has 50 heavy (non-hydrogen) atoms. The van der Waals surface area contributed by atoms with Gasteiger partial charge in [0.25, 0.3) is 11.5 Å². The highest BCUT2D eigenvalue weighted by molar-refractivity contribution is 7.13. The van der Waals surface area contributed by atoms with E-state index >= 15 is 0 Å². The Hall–Kier alpha value is -5.53. The van der Waals surface area contributed by atoms with E-state index in [9.17, 15) is 23.2 Å². The first-order chi connectivity index (χ1) is 24.0. The number of hydrogen-bond donors (Lipinski definition) is 1. The van der Waals surface area contributed by atoms with Crippen LogP contribution in [0.4, 0.5) is 14.5 Å². The molecule has 0 unspecified atom stereocenters. The zero-order chi connectivity index (χ0) is 35.5. The molecule has 0 spiro atoms. The highest BCUT2D eigenvalue weighted by atomic mass is 32.1. The highest BCUT2D eigenvalue weighted by Gasteiger charge is 2.25. The van der Waals surface area contributed by atoms with E-state index in [0.717, 1.165) is 22.7 Å². The fourth-order valence-electron chi connectivity index (χ4n) is 5.78. The van der Waals surface area contributed by atoms with Crippen LogP contribution in [0.2, 0.25) is 0 Å². The molecule has 0 saturated carbocycles. The summed E-state index contributed by atoms with van der Waals surface area (Å²) in [4.78, 5) is 51.9. The van der Waals surface area contributed by atoms with Crippen LogP contribution in [0.1, 0.15) is 54.5 Å². The number of aromatic nitrogens is 4. The molecular formula is C37H34F2N6O4S. The van der Waals surface area contributed by atoms with Crippen LogP contribution in [0.3, 0.4) is 0 Å². The predicted molar refractivity (Wildman–Crippen MR) is 187 cm³/mol. The molecule has 0 bridgehead atoms.